The summed E-state index contributed by atoms with van der Waals surface area (Å²) in [4.78, 5) is 4.33. The molecule has 0 fully saturated rings. The van der Waals surface area contributed by atoms with Crippen LogP contribution in [-0.4, -0.2) is 24.2 Å². The summed E-state index contributed by atoms with van der Waals surface area (Å²) in [6.07, 6.45) is 4.81. The number of rotatable bonds is 6. The van der Waals surface area contributed by atoms with Crippen LogP contribution >= 0.6 is 0 Å². The molecule has 0 saturated carbocycles. The Labute approximate surface area is 123 Å². The number of hydrogen-bond acceptors (Lipinski definition) is 2. The van der Waals surface area contributed by atoms with Gasteiger partial charge >= 0.3 is 0 Å². The maximum atomic E-state index is 4.33. The smallest absolute Gasteiger partial charge is 0.109 e. The van der Waals surface area contributed by atoms with Crippen molar-refractivity contribution in [2.45, 2.75) is 32.6 Å². The van der Waals surface area contributed by atoms with Gasteiger partial charge in [-0.2, -0.15) is 0 Å². The van der Waals surface area contributed by atoms with Gasteiger partial charge < -0.3 is 9.88 Å². The van der Waals surface area contributed by atoms with E-state index in [0.29, 0.717) is 0 Å². The summed E-state index contributed by atoms with van der Waals surface area (Å²) in [5.41, 5.74) is 1.35. The third-order valence-electron chi connectivity index (χ3n) is 3.60. The van der Waals surface area contributed by atoms with E-state index in [0.717, 1.165) is 25.3 Å². The minimum absolute atomic E-state index is 0.927. The first-order valence-corrected chi connectivity index (χ1v) is 10.7. The van der Waals surface area contributed by atoms with E-state index in [1.807, 2.05) is 19.4 Å². The number of aryl methyl sites for hydroxylation is 1. The van der Waals surface area contributed by atoms with Gasteiger partial charge in [-0.1, -0.05) is 49.1 Å². The molecule has 4 heteroatoms. The fraction of sp³-hybridized carbons (Fsp3) is 0.438. The zero-order chi connectivity index (χ0) is 14.6. The highest BCUT2D eigenvalue weighted by Crippen LogP contribution is 2.04. The molecule has 1 aromatic carbocycles. The number of imidazole rings is 1. The molecule has 0 spiro atoms. The van der Waals surface area contributed by atoms with Gasteiger partial charge in [0.15, 0.2) is 0 Å². The highest BCUT2D eigenvalue weighted by Gasteiger charge is 2.15. The number of nitrogens with zero attached hydrogens (tertiary/aromatic N) is 2. The zero-order valence-electron chi connectivity index (χ0n) is 13.0. The van der Waals surface area contributed by atoms with E-state index in [9.17, 15) is 0 Å². The molecule has 0 unspecified atom stereocenters. The van der Waals surface area contributed by atoms with E-state index >= 15 is 0 Å². The molecule has 0 amide bonds. The van der Waals surface area contributed by atoms with Crippen LogP contribution < -0.4 is 10.5 Å². The number of nitrogens with one attached hydrogen (secondary N) is 1. The Kier molecular flexibility index (Phi) is 4.78. The fourth-order valence-corrected chi connectivity index (χ4v) is 3.36. The maximum absolute atomic E-state index is 4.33. The van der Waals surface area contributed by atoms with Crippen LogP contribution in [0.5, 0.6) is 0 Å². The summed E-state index contributed by atoms with van der Waals surface area (Å²) in [6, 6.07) is 9.09. The Hall–Kier alpha value is -1.39. The van der Waals surface area contributed by atoms with Gasteiger partial charge in [0.1, 0.15) is 5.82 Å². The first-order chi connectivity index (χ1) is 9.47. The Bertz CT molecular complexity index is 538. The molecule has 20 heavy (non-hydrogen) atoms. The molecule has 0 aliphatic rings. The van der Waals surface area contributed by atoms with Gasteiger partial charge in [-0.3, -0.25) is 0 Å². The molecule has 1 N–H and O–H groups in total. The van der Waals surface area contributed by atoms with Gasteiger partial charge in [-0.15, -0.1) is 0 Å². The SMILES string of the molecule is Cn1ccnc1CCNCc1ccc([Si](C)(C)C)cc1. The van der Waals surface area contributed by atoms with E-state index in [-0.39, 0.29) is 0 Å². The first kappa shape index (κ1) is 15.0. The third-order valence-corrected chi connectivity index (χ3v) is 5.66. The second kappa shape index (κ2) is 6.37. The lowest BCUT2D eigenvalue weighted by Crippen LogP contribution is -2.37. The van der Waals surface area contributed by atoms with Crippen molar-refractivity contribution < 1.29 is 0 Å². The van der Waals surface area contributed by atoms with Gasteiger partial charge in [0.25, 0.3) is 0 Å². The van der Waals surface area contributed by atoms with E-state index in [1.54, 1.807) is 0 Å². The van der Waals surface area contributed by atoms with Crippen LogP contribution in [0.4, 0.5) is 0 Å². The Balaban J connectivity index is 1.78. The van der Waals surface area contributed by atoms with E-state index in [1.165, 1.54) is 10.8 Å². The van der Waals surface area contributed by atoms with Crippen molar-refractivity contribution in [3.05, 3.63) is 48.0 Å². The average Bonchev–Trinajstić information content (AvgIpc) is 2.80. The number of hydrogen-bond donors (Lipinski definition) is 1. The van der Waals surface area contributed by atoms with Crippen LogP contribution in [0.15, 0.2) is 36.7 Å². The summed E-state index contributed by atoms with van der Waals surface area (Å²) in [5.74, 6) is 1.13. The lowest BCUT2D eigenvalue weighted by molar-refractivity contribution is 0.655. The molecule has 2 rings (SSSR count). The normalized spacial score (nSPS) is 11.8. The quantitative estimate of drug-likeness (QED) is 0.652. The van der Waals surface area contributed by atoms with Crippen LogP contribution in [0, 0.1) is 0 Å². The molecular formula is C16H25N3Si. The molecule has 0 radical (unpaired) electrons. The molecule has 3 nitrogen and oxygen atoms in total. The topological polar surface area (TPSA) is 29.9 Å². The van der Waals surface area contributed by atoms with Gasteiger partial charge in [0.05, 0.1) is 8.07 Å². The molecule has 0 saturated heterocycles. The third kappa shape index (κ3) is 4.05. The minimum atomic E-state index is -1.17. The second-order valence-electron chi connectivity index (χ2n) is 6.33. The predicted molar refractivity (Wildman–Crippen MR) is 88.0 cm³/mol. The summed E-state index contributed by atoms with van der Waals surface area (Å²) >= 11 is 0. The Morgan fingerprint density at radius 3 is 2.40 bits per heavy atom. The van der Waals surface area contributed by atoms with E-state index in [4.69, 9.17) is 0 Å². The highest BCUT2D eigenvalue weighted by molar-refractivity contribution is 6.88. The lowest BCUT2D eigenvalue weighted by Gasteiger charge is -2.16. The lowest BCUT2D eigenvalue weighted by atomic mass is 10.2. The Morgan fingerprint density at radius 1 is 1.15 bits per heavy atom. The first-order valence-electron chi connectivity index (χ1n) is 7.23. The monoisotopic (exact) mass is 287 g/mol. The average molecular weight is 287 g/mol. The molecule has 0 bridgehead atoms. The van der Waals surface area contributed by atoms with Crippen molar-refractivity contribution in [1.82, 2.24) is 14.9 Å². The number of benzene rings is 1. The van der Waals surface area contributed by atoms with Gasteiger partial charge in [-0.25, -0.2) is 4.98 Å². The molecule has 0 aliphatic carbocycles. The van der Waals surface area contributed by atoms with Crippen molar-refractivity contribution in [1.29, 1.82) is 0 Å². The van der Waals surface area contributed by atoms with Crippen LogP contribution in [-0.2, 0) is 20.0 Å². The molecule has 2 aromatic rings. The predicted octanol–water partition coefficient (Wildman–Crippen LogP) is 2.30. The largest absolute Gasteiger partial charge is 0.338 e. The van der Waals surface area contributed by atoms with Gasteiger partial charge in [0, 0.05) is 39.0 Å². The summed E-state index contributed by atoms with van der Waals surface area (Å²) in [6.45, 7) is 9.03. The molecule has 108 valence electrons. The summed E-state index contributed by atoms with van der Waals surface area (Å²) < 4.78 is 2.07. The van der Waals surface area contributed by atoms with Crippen molar-refractivity contribution in [2.24, 2.45) is 7.05 Å². The maximum Gasteiger partial charge on any atom is 0.109 e. The van der Waals surface area contributed by atoms with Crippen LogP contribution in [0.1, 0.15) is 11.4 Å². The number of aromatic nitrogens is 2. The Morgan fingerprint density at radius 2 is 1.85 bits per heavy atom. The molecule has 0 atom stereocenters. The summed E-state index contributed by atoms with van der Waals surface area (Å²) in [7, 11) is 0.871. The van der Waals surface area contributed by atoms with E-state index in [2.05, 4.69) is 58.8 Å². The van der Waals surface area contributed by atoms with Crippen LogP contribution in [0.2, 0.25) is 19.6 Å². The summed E-state index contributed by atoms with van der Waals surface area (Å²) in [5, 5.41) is 5.01. The highest BCUT2D eigenvalue weighted by atomic mass is 28.3. The standard InChI is InChI=1S/C16H25N3Si/c1-19-12-11-18-16(19)9-10-17-13-14-5-7-15(8-6-14)20(2,3)4/h5-8,11-12,17H,9-10,13H2,1-4H3. The van der Waals surface area contributed by atoms with Crippen LogP contribution in [0.3, 0.4) is 0 Å². The molecule has 1 aromatic heterocycles. The molecule has 1 heterocycles. The van der Waals surface area contributed by atoms with Gasteiger partial charge in [0.2, 0.25) is 0 Å². The minimum Gasteiger partial charge on any atom is -0.338 e. The van der Waals surface area contributed by atoms with Gasteiger partial charge in [-0.05, 0) is 5.56 Å². The van der Waals surface area contributed by atoms with Crippen molar-refractivity contribution in [3.8, 4) is 0 Å². The molecular weight excluding hydrogens is 262 g/mol. The van der Waals surface area contributed by atoms with Crippen LogP contribution in [0.25, 0.3) is 0 Å². The van der Waals surface area contributed by atoms with E-state index < -0.39 is 8.07 Å². The zero-order valence-corrected chi connectivity index (χ0v) is 14.0. The fourth-order valence-electron chi connectivity index (χ4n) is 2.19. The van der Waals surface area contributed by atoms with Crippen molar-refractivity contribution in [3.63, 3.8) is 0 Å². The van der Waals surface area contributed by atoms with Crippen molar-refractivity contribution in [2.75, 3.05) is 6.54 Å². The van der Waals surface area contributed by atoms with Crippen molar-refractivity contribution >= 4 is 13.3 Å². The second-order valence-corrected chi connectivity index (χ2v) is 11.4. The molecule has 0 aliphatic heterocycles.